The quantitative estimate of drug-likeness (QED) is 0.871. The maximum absolute atomic E-state index is 12.2. The van der Waals surface area contributed by atoms with E-state index in [1.54, 1.807) is 12.0 Å². The van der Waals surface area contributed by atoms with Crippen LogP contribution in [0.5, 0.6) is 5.75 Å². The van der Waals surface area contributed by atoms with E-state index in [4.69, 9.17) is 4.74 Å². The lowest BCUT2D eigenvalue weighted by atomic mass is 9.89. The van der Waals surface area contributed by atoms with Gasteiger partial charge >= 0.3 is 0 Å². The Morgan fingerprint density at radius 1 is 1.25 bits per heavy atom. The fourth-order valence-corrected chi connectivity index (χ4v) is 3.26. The van der Waals surface area contributed by atoms with Crippen molar-refractivity contribution in [2.75, 3.05) is 25.1 Å². The number of carbonyl (C=O) groups is 2. The Balaban J connectivity index is 1.98. The second kappa shape index (κ2) is 8.71. The maximum Gasteiger partial charge on any atom is 0.224 e. The van der Waals surface area contributed by atoms with E-state index in [2.05, 4.69) is 5.32 Å². The number of nitrogens with one attached hydrogen (secondary N) is 1. The molecule has 0 radical (unpaired) electrons. The Morgan fingerprint density at radius 3 is 2.58 bits per heavy atom. The largest absolute Gasteiger partial charge is 0.495 e. The minimum Gasteiger partial charge on any atom is -0.495 e. The average Bonchev–Trinajstić information content (AvgIpc) is 2.59. The van der Waals surface area contributed by atoms with Crippen LogP contribution < -0.4 is 15.0 Å². The second-order valence-electron chi connectivity index (χ2n) is 6.47. The highest BCUT2D eigenvalue weighted by Crippen LogP contribution is 2.29. The minimum atomic E-state index is -0.0641. The highest BCUT2D eigenvalue weighted by atomic mass is 16.5. The van der Waals surface area contributed by atoms with E-state index in [1.807, 2.05) is 25.1 Å². The van der Waals surface area contributed by atoms with Gasteiger partial charge in [0, 0.05) is 25.9 Å². The molecule has 1 aromatic rings. The molecule has 24 heavy (non-hydrogen) atoms. The van der Waals surface area contributed by atoms with Gasteiger partial charge in [-0.3, -0.25) is 9.59 Å². The molecule has 1 fully saturated rings. The molecule has 0 saturated heterocycles. The zero-order valence-corrected chi connectivity index (χ0v) is 14.9. The summed E-state index contributed by atoms with van der Waals surface area (Å²) in [5.41, 5.74) is 1.81. The topological polar surface area (TPSA) is 58.6 Å². The van der Waals surface area contributed by atoms with Crippen LogP contribution in [0.4, 0.5) is 5.69 Å². The van der Waals surface area contributed by atoms with Gasteiger partial charge in [-0.1, -0.05) is 25.3 Å². The van der Waals surface area contributed by atoms with E-state index < -0.39 is 0 Å². The van der Waals surface area contributed by atoms with Gasteiger partial charge < -0.3 is 15.0 Å². The van der Waals surface area contributed by atoms with Gasteiger partial charge in [0.25, 0.3) is 0 Å². The Kier molecular flexibility index (Phi) is 6.64. The highest BCUT2D eigenvalue weighted by molar-refractivity contribution is 5.93. The lowest BCUT2D eigenvalue weighted by Gasteiger charge is -2.25. The van der Waals surface area contributed by atoms with E-state index in [-0.39, 0.29) is 17.7 Å². The predicted octanol–water partition coefficient (Wildman–Crippen LogP) is 3.05. The van der Waals surface area contributed by atoms with Crippen LogP contribution in [0, 0.1) is 12.8 Å². The number of anilines is 1. The zero-order valence-electron chi connectivity index (χ0n) is 14.9. The molecule has 1 aliphatic carbocycles. The van der Waals surface area contributed by atoms with Crippen molar-refractivity contribution in [3.8, 4) is 5.75 Å². The van der Waals surface area contributed by atoms with Crippen LogP contribution in [0.2, 0.25) is 0 Å². The number of hydrogen-bond donors (Lipinski definition) is 1. The summed E-state index contributed by atoms with van der Waals surface area (Å²) < 4.78 is 5.37. The molecule has 0 unspecified atom stereocenters. The Labute approximate surface area is 144 Å². The molecule has 0 aromatic heterocycles. The molecule has 2 rings (SSSR count). The summed E-state index contributed by atoms with van der Waals surface area (Å²) in [5.74, 6) is 0.854. The number of hydrogen-bond acceptors (Lipinski definition) is 3. The van der Waals surface area contributed by atoms with Crippen LogP contribution in [0.3, 0.4) is 0 Å². The van der Waals surface area contributed by atoms with Crippen molar-refractivity contribution in [1.82, 2.24) is 5.32 Å². The molecule has 5 heteroatoms. The summed E-state index contributed by atoms with van der Waals surface area (Å²) >= 11 is 0. The summed E-state index contributed by atoms with van der Waals surface area (Å²) in [6.45, 7) is 4.40. The monoisotopic (exact) mass is 332 g/mol. The molecule has 0 bridgehead atoms. The highest BCUT2D eigenvalue weighted by Gasteiger charge is 2.21. The standard InChI is InChI=1S/C19H28N2O3/c1-14-9-10-18(24-3)17(13-14)21(15(2)22)12-11-20-19(23)16-7-5-4-6-8-16/h9-10,13,16H,4-8,11-12H2,1-3H3,(H,20,23). The summed E-state index contributed by atoms with van der Waals surface area (Å²) in [4.78, 5) is 25.9. The molecule has 5 nitrogen and oxygen atoms in total. The Morgan fingerprint density at radius 2 is 1.96 bits per heavy atom. The van der Waals surface area contributed by atoms with Gasteiger partial charge in [-0.15, -0.1) is 0 Å². The normalized spacial score (nSPS) is 15.0. The van der Waals surface area contributed by atoms with Crippen LogP contribution in [-0.4, -0.2) is 32.0 Å². The Bertz CT molecular complexity index is 580. The number of rotatable bonds is 6. The third-order valence-corrected chi connectivity index (χ3v) is 4.62. The summed E-state index contributed by atoms with van der Waals surface area (Å²) in [6.07, 6.45) is 5.47. The molecule has 0 spiro atoms. The van der Waals surface area contributed by atoms with E-state index >= 15 is 0 Å². The summed E-state index contributed by atoms with van der Waals surface area (Å²) in [6, 6.07) is 5.75. The first-order valence-corrected chi connectivity index (χ1v) is 8.73. The van der Waals surface area contributed by atoms with Crippen LogP contribution in [0.25, 0.3) is 0 Å². The summed E-state index contributed by atoms with van der Waals surface area (Å²) in [7, 11) is 1.59. The van der Waals surface area contributed by atoms with Crippen molar-refractivity contribution in [3.05, 3.63) is 23.8 Å². The lowest BCUT2D eigenvalue weighted by molar-refractivity contribution is -0.126. The molecule has 0 atom stereocenters. The molecule has 1 aliphatic rings. The smallest absolute Gasteiger partial charge is 0.224 e. The van der Waals surface area contributed by atoms with Gasteiger partial charge in [-0.05, 0) is 37.5 Å². The molecule has 1 saturated carbocycles. The van der Waals surface area contributed by atoms with Gasteiger partial charge in [-0.25, -0.2) is 0 Å². The third kappa shape index (κ3) is 4.73. The fraction of sp³-hybridized carbons (Fsp3) is 0.579. The SMILES string of the molecule is COc1ccc(C)cc1N(CCNC(=O)C1CCCCC1)C(C)=O. The number of ether oxygens (including phenoxy) is 1. The van der Waals surface area contributed by atoms with Gasteiger partial charge in [-0.2, -0.15) is 0 Å². The number of nitrogens with zero attached hydrogens (tertiary/aromatic N) is 1. The molecule has 0 aliphatic heterocycles. The minimum absolute atomic E-state index is 0.0641. The molecular weight excluding hydrogens is 304 g/mol. The number of aryl methyl sites for hydroxylation is 1. The maximum atomic E-state index is 12.2. The first-order valence-electron chi connectivity index (χ1n) is 8.73. The fourth-order valence-electron chi connectivity index (χ4n) is 3.26. The van der Waals surface area contributed by atoms with Crippen LogP contribution in [0.15, 0.2) is 18.2 Å². The predicted molar refractivity (Wildman–Crippen MR) is 95.3 cm³/mol. The van der Waals surface area contributed by atoms with Crippen LogP contribution >= 0.6 is 0 Å². The number of methoxy groups -OCH3 is 1. The van der Waals surface area contributed by atoms with Crippen molar-refractivity contribution in [3.63, 3.8) is 0 Å². The van der Waals surface area contributed by atoms with Gasteiger partial charge in [0.2, 0.25) is 11.8 Å². The van der Waals surface area contributed by atoms with Crippen molar-refractivity contribution >= 4 is 17.5 Å². The molecular formula is C19H28N2O3. The number of amides is 2. The molecule has 1 N–H and O–H groups in total. The summed E-state index contributed by atoms with van der Waals surface area (Å²) in [5, 5.41) is 2.99. The van der Waals surface area contributed by atoms with E-state index in [0.29, 0.717) is 18.8 Å². The third-order valence-electron chi connectivity index (χ3n) is 4.62. The van der Waals surface area contributed by atoms with Crippen LogP contribution in [-0.2, 0) is 9.59 Å². The number of benzene rings is 1. The van der Waals surface area contributed by atoms with Crippen LogP contribution in [0.1, 0.15) is 44.6 Å². The van der Waals surface area contributed by atoms with Crippen molar-refractivity contribution in [2.45, 2.75) is 46.0 Å². The zero-order chi connectivity index (χ0) is 17.5. The Hall–Kier alpha value is -2.04. The van der Waals surface area contributed by atoms with Crippen molar-refractivity contribution < 1.29 is 14.3 Å². The van der Waals surface area contributed by atoms with Gasteiger partial charge in [0.15, 0.2) is 0 Å². The number of carbonyl (C=O) groups excluding carboxylic acids is 2. The first-order chi connectivity index (χ1) is 11.5. The van der Waals surface area contributed by atoms with Gasteiger partial charge in [0.05, 0.1) is 12.8 Å². The molecule has 2 amide bonds. The average molecular weight is 332 g/mol. The second-order valence-corrected chi connectivity index (χ2v) is 6.47. The van der Waals surface area contributed by atoms with Crippen molar-refractivity contribution in [2.24, 2.45) is 5.92 Å². The molecule has 1 aromatic carbocycles. The first kappa shape index (κ1) is 18.3. The van der Waals surface area contributed by atoms with E-state index in [0.717, 1.165) is 36.9 Å². The van der Waals surface area contributed by atoms with Crippen molar-refractivity contribution in [1.29, 1.82) is 0 Å². The molecule has 0 heterocycles. The van der Waals surface area contributed by atoms with E-state index in [9.17, 15) is 9.59 Å². The molecule has 132 valence electrons. The lowest BCUT2D eigenvalue weighted by Crippen LogP contribution is -2.40. The van der Waals surface area contributed by atoms with Gasteiger partial charge in [0.1, 0.15) is 5.75 Å². The van der Waals surface area contributed by atoms with E-state index in [1.165, 1.54) is 13.3 Å².